The molecule has 1 N–H and O–H groups in total. The standard InChI is InChI=1S/C20H18N4O3/c1-13-17(19(25)26-2)18(24-20(23-13)21-12-22-24)14-7-6-10-16(11-14)27-15-8-4-3-5-9-15/h3-12,18H,1-2H3,(H,21,22,23)/t18-/m0/s1. The van der Waals surface area contributed by atoms with E-state index < -0.39 is 12.0 Å². The average molecular weight is 362 g/mol. The van der Waals surface area contributed by atoms with Gasteiger partial charge in [-0.2, -0.15) is 10.1 Å². The zero-order chi connectivity index (χ0) is 18.8. The normalized spacial score (nSPS) is 15.7. The Morgan fingerprint density at radius 2 is 1.89 bits per heavy atom. The first-order valence-corrected chi connectivity index (χ1v) is 8.46. The maximum absolute atomic E-state index is 12.5. The Balaban J connectivity index is 1.77. The van der Waals surface area contributed by atoms with Gasteiger partial charge >= 0.3 is 5.97 Å². The highest BCUT2D eigenvalue weighted by Gasteiger charge is 2.34. The molecule has 3 aromatic rings. The van der Waals surface area contributed by atoms with Crippen LogP contribution in [0.3, 0.4) is 0 Å². The van der Waals surface area contributed by atoms with E-state index in [4.69, 9.17) is 9.47 Å². The highest BCUT2D eigenvalue weighted by molar-refractivity contribution is 5.92. The molecule has 7 nitrogen and oxygen atoms in total. The summed E-state index contributed by atoms with van der Waals surface area (Å²) in [6.45, 7) is 1.82. The number of aromatic nitrogens is 3. The topological polar surface area (TPSA) is 78.3 Å². The van der Waals surface area contributed by atoms with E-state index in [9.17, 15) is 4.79 Å². The Morgan fingerprint density at radius 3 is 2.67 bits per heavy atom. The number of rotatable bonds is 4. The van der Waals surface area contributed by atoms with E-state index in [0.29, 0.717) is 23.0 Å². The van der Waals surface area contributed by atoms with Gasteiger partial charge in [0.05, 0.1) is 12.7 Å². The number of hydrogen-bond donors (Lipinski definition) is 1. The van der Waals surface area contributed by atoms with E-state index in [2.05, 4.69) is 15.4 Å². The number of hydrogen-bond acceptors (Lipinski definition) is 6. The first kappa shape index (κ1) is 16.8. The molecule has 0 spiro atoms. The number of carbonyl (C=O) groups excluding carboxylic acids is 1. The largest absolute Gasteiger partial charge is 0.466 e. The van der Waals surface area contributed by atoms with E-state index in [0.717, 1.165) is 11.3 Å². The zero-order valence-corrected chi connectivity index (χ0v) is 14.9. The van der Waals surface area contributed by atoms with Crippen LogP contribution >= 0.6 is 0 Å². The minimum Gasteiger partial charge on any atom is -0.466 e. The van der Waals surface area contributed by atoms with Crippen molar-refractivity contribution in [1.82, 2.24) is 14.8 Å². The van der Waals surface area contributed by atoms with Crippen molar-refractivity contribution in [2.24, 2.45) is 0 Å². The van der Waals surface area contributed by atoms with Crippen molar-refractivity contribution >= 4 is 11.9 Å². The van der Waals surface area contributed by atoms with Crippen molar-refractivity contribution in [3.8, 4) is 11.5 Å². The fourth-order valence-electron chi connectivity index (χ4n) is 3.15. The van der Waals surface area contributed by atoms with E-state index >= 15 is 0 Å². The maximum Gasteiger partial charge on any atom is 0.338 e. The molecule has 1 aliphatic rings. The molecule has 0 fully saturated rings. The predicted molar refractivity (Wildman–Crippen MR) is 99.5 cm³/mol. The third kappa shape index (κ3) is 3.15. The van der Waals surface area contributed by atoms with Crippen LogP contribution in [-0.2, 0) is 9.53 Å². The molecule has 2 aromatic carbocycles. The number of carbonyl (C=O) groups is 1. The van der Waals surface area contributed by atoms with Crippen molar-refractivity contribution in [2.75, 3.05) is 12.4 Å². The molecule has 0 unspecified atom stereocenters. The number of benzene rings is 2. The number of nitrogens with one attached hydrogen (secondary N) is 1. The molecule has 1 atom stereocenters. The van der Waals surface area contributed by atoms with Gasteiger partial charge in [0.2, 0.25) is 5.95 Å². The van der Waals surface area contributed by atoms with Gasteiger partial charge in [0.25, 0.3) is 0 Å². The quantitative estimate of drug-likeness (QED) is 0.716. The number of allylic oxidation sites excluding steroid dienone is 1. The Morgan fingerprint density at radius 1 is 1.11 bits per heavy atom. The van der Waals surface area contributed by atoms with Gasteiger partial charge in [-0.05, 0) is 36.8 Å². The average Bonchev–Trinajstić information content (AvgIpc) is 3.15. The monoisotopic (exact) mass is 362 g/mol. The van der Waals surface area contributed by atoms with Gasteiger partial charge < -0.3 is 14.8 Å². The zero-order valence-electron chi connectivity index (χ0n) is 14.9. The first-order valence-electron chi connectivity index (χ1n) is 8.46. The van der Waals surface area contributed by atoms with Crippen molar-refractivity contribution in [3.05, 3.63) is 77.8 Å². The molecule has 1 aromatic heterocycles. The van der Waals surface area contributed by atoms with Crippen LogP contribution in [0, 0.1) is 0 Å². The van der Waals surface area contributed by atoms with Crippen LogP contribution in [0.25, 0.3) is 0 Å². The number of anilines is 1. The highest BCUT2D eigenvalue weighted by atomic mass is 16.5. The summed E-state index contributed by atoms with van der Waals surface area (Å²) < 4.78 is 12.6. The lowest BCUT2D eigenvalue weighted by Crippen LogP contribution is -2.29. The molecule has 136 valence electrons. The van der Waals surface area contributed by atoms with Crippen LogP contribution in [0.15, 0.2) is 72.2 Å². The molecule has 7 heteroatoms. The minimum absolute atomic E-state index is 0.416. The number of para-hydroxylation sites is 1. The van der Waals surface area contributed by atoms with Gasteiger partial charge in [-0.1, -0.05) is 30.3 Å². The summed E-state index contributed by atoms with van der Waals surface area (Å²) in [7, 11) is 1.37. The highest BCUT2D eigenvalue weighted by Crippen LogP contribution is 2.36. The Bertz CT molecular complexity index is 1010. The third-order valence-corrected chi connectivity index (χ3v) is 4.35. The maximum atomic E-state index is 12.5. The minimum atomic E-state index is -0.462. The third-order valence-electron chi connectivity index (χ3n) is 4.35. The molecule has 1 aliphatic heterocycles. The molecule has 4 rings (SSSR count). The Kier molecular flexibility index (Phi) is 4.33. The van der Waals surface area contributed by atoms with E-state index in [-0.39, 0.29) is 0 Å². The van der Waals surface area contributed by atoms with Crippen molar-refractivity contribution in [1.29, 1.82) is 0 Å². The van der Waals surface area contributed by atoms with Crippen LogP contribution in [0.2, 0.25) is 0 Å². The molecule has 0 saturated carbocycles. The van der Waals surface area contributed by atoms with Crippen molar-refractivity contribution in [3.63, 3.8) is 0 Å². The summed E-state index contributed by atoms with van der Waals surface area (Å²) >= 11 is 0. The number of methoxy groups -OCH3 is 1. The fourth-order valence-corrected chi connectivity index (χ4v) is 3.15. The summed E-state index contributed by atoms with van der Waals surface area (Å²) in [5.41, 5.74) is 2.01. The molecule has 0 radical (unpaired) electrons. The summed E-state index contributed by atoms with van der Waals surface area (Å²) in [6, 6.07) is 16.6. The van der Waals surface area contributed by atoms with Crippen LogP contribution in [0.1, 0.15) is 18.5 Å². The van der Waals surface area contributed by atoms with Crippen LogP contribution in [0.4, 0.5) is 5.95 Å². The molecule has 27 heavy (non-hydrogen) atoms. The van der Waals surface area contributed by atoms with E-state index in [1.165, 1.54) is 13.4 Å². The molecular formula is C20H18N4O3. The summed E-state index contributed by atoms with van der Waals surface area (Å²) in [5.74, 6) is 1.56. The molecule has 0 amide bonds. The molecule has 0 bridgehead atoms. The Hall–Kier alpha value is -3.61. The summed E-state index contributed by atoms with van der Waals surface area (Å²) in [6.07, 6.45) is 1.45. The molecule has 0 aliphatic carbocycles. The van der Waals surface area contributed by atoms with Gasteiger partial charge in [0, 0.05) is 5.70 Å². The van der Waals surface area contributed by atoms with Crippen molar-refractivity contribution in [2.45, 2.75) is 13.0 Å². The van der Waals surface area contributed by atoms with Crippen molar-refractivity contribution < 1.29 is 14.3 Å². The summed E-state index contributed by atoms with van der Waals surface area (Å²) in [4.78, 5) is 16.7. The van der Waals surface area contributed by atoms with Gasteiger partial charge in [0.1, 0.15) is 23.9 Å². The van der Waals surface area contributed by atoms with Crippen LogP contribution in [0.5, 0.6) is 11.5 Å². The fraction of sp³-hybridized carbons (Fsp3) is 0.150. The van der Waals surface area contributed by atoms with Gasteiger partial charge in [0.15, 0.2) is 0 Å². The molecule has 0 saturated heterocycles. The van der Waals surface area contributed by atoms with E-state index in [1.54, 1.807) is 4.68 Å². The number of esters is 1. The van der Waals surface area contributed by atoms with Gasteiger partial charge in [-0.15, -0.1) is 0 Å². The lowest BCUT2D eigenvalue weighted by Gasteiger charge is -2.28. The summed E-state index contributed by atoms with van der Waals surface area (Å²) in [5, 5.41) is 7.39. The lowest BCUT2D eigenvalue weighted by atomic mass is 9.95. The number of nitrogens with zero attached hydrogens (tertiary/aromatic N) is 3. The predicted octanol–water partition coefficient (Wildman–Crippen LogP) is 3.53. The van der Waals surface area contributed by atoms with Crippen LogP contribution in [-0.4, -0.2) is 27.8 Å². The molecular weight excluding hydrogens is 344 g/mol. The molecule has 2 heterocycles. The second-order valence-electron chi connectivity index (χ2n) is 6.07. The van der Waals surface area contributed by atoms with Crippen LogP contribution < -0.4 is 10.1 Å². The van der Waals surface area contributed by atoms with Gasteiger partial charge in [-0.25, -0.2) is 9.48 Å². The first-order chi connectivity index (χ1) is 13.2. The smallest absolute Gasteiger partial charge is 0.338 e. The van der Waals surface area contributed by atoms with E-state index in [1.807, 2.05) is 61.5 Å². The Labute approximate surface area is 156 Å². The number of ether oxygens (including phenoxy) is 2. The number of fused-ring (bicyclic) bond motifs is 1. The second-order valence-corrected chi connectivity index (χ2v) is 6.07. The lowest BCUT2D eigenvalue weighted by molar-refractivity contribution is -0.136. The second kappa shape index (κ2) is 6.95. The van der Waals surface area contributed by atoms with Gasteiger partial charge in [-0.3, -0.25) is 0 Å². The SMILES string of the molecule is COC(=O)C1=C(C)Nc2ncnn2[C@H]1c1cccc(Oc2ccccc2)c1.